The van der Waals surface area contributed by atoms with Gasteiger partial charge in [0.1, 0.15) is 0 Å². The smallest absolute Gasteiger partial charge is 0.201 e. The summed E-state index contributed by atoms with van der Waals surface area (Å²) in [4.78, 5) is 4.68. The highest BCUT2D eigenvalue weighted by Gasteiger charge is 2.41. The molecule has 2 aliphatic rings. The van der Waals surface area contributed by atoms with Gasteiger partial charge in [-0.1, -0.05) is 44.9 Å². The van der Waals surface area contributed by atoms with Crippen LogP contribution in [0, 0.1) is 0 Å². The second kappa shape index (κ2) is 6.72. The van der Waals surface area contributed by atoms with Crippen molar-refractivity contribution in [3.05, 3.63) is 0 Å². The summed E-state index contributed by atoms with van der Waals surface area (Å²) >= 11 is 0. The molecule has 2 heterocycles. The molecule has 0 radical (unpaired) electrons. The fourth-order valence-corrected chi connectivity index (χ4v) is 3.13. The Labute approximate surface area is 104 Å². The number of ether oxygens (including phenoxy) is 1. The normalized spacial score (nSPS) is 36.9. The van der Waals surface area contributed by atoms with Crippen molar-refractivity contribution in [1.29, 1.82) is 0 Å². The van der Waals surface area contributed by atoms with Crippen molar-refractivity contribution in [2.24, 2.45) is 0 Å². The second-order valence-corrected chi connectivity index (χ2v) is 5.65. The first-order valence-corrected chi connectivity index (χ1v) is 7.35. The van der Waals surface area contributed by atoms with Gasteiger partial charge in [-0.25, -0.2) is 10.1 Å². The fourth-order valence-electron chi connectivity index (χ4n) is 3.13. The van der Waals surface area contributed by atoms with Crippen LogP contribution in [-0.2, 0) is 9.62 Å². The summed E-state index contributed by atoms with van der Waals surface area (Å²) in [5, 5.41) is 9.10. The first-order valence-electron chi connectivity index (χ1n) is 7.35. The first-order chi connectivity index (χ1) is 8.35. The number of hydrogen-bond acceptors (Lipinski definition) is 3. The van der Waals surface area contributed by atoms with Crippen LogP contribution in [0.5, 0.6) is 0 Å². The third kappa shape index (κ3) is 3.94. The molecule has 1 N–H and O–H groups in total. The summed E-state index contributed by atoms with van der Waals surface area (Å²) in [6.45, 7) is 0. The summed E-state index contributed by atoms with van der Waals surface area (Å²) in [6.07, 6.45) is 14.5. The molecule has 100 valence electrons. The summed E-state index contributed by atoms with van der Waals surface area (Å²) in [5.74, 6) is -0.668. The van der Waals surface area contributed by atoms with E-state index in [1.807, 2.05) is 0 Å². The zero-order valence-electron chi connectivity index (χ0n) is 10.8. The van der Waals surface area contributed by atoms with E-state index in [1.165, 1.54) is 44.9 Å². The molecule has 0 aromatic heterocycles. The Hall–Kier alpha value is -0.120. The topological polar surface area (TPSA) is 38.7 Å². The average Bonchev–Trinajstić information content (AvgIpc) is 2.76. The number of fused-ring (bicyclic) bond motifs is 2. The third-order valence-corrected chi connectivity index (χ3v) is 4.23. The van der Waals surface area contributed by atoms with Crippen LogP contribution in [0.1, 0.15) is 77.0 Å². The van der Waals surface area contributed by atoms with Gasteiger partial charge in [0.15, 0.2) is 0 Å². The average molecular weight is 242 g/mol. The van der Waals surface area contributed by atoms with E-state index in [0.717, 1.165) is 32.1 Å². The Morgan fingerprint density at radius 1 is 0.824 bits per heavy atom. The lowest BCUT2D eigenvalue weighted by molar-refractivity contribution is -0.400. The standard InChI is InChI=1S/C14H26O3/c15-17-14-11-8-6-4-2-1-3-5-7-9-13(16-14)10-12-14/h13,15H,1-12H2/t13-,14-/m0/s1. The molecular formula is C14H26O3. The van der Waals surface area contributed by atoms with Crippen LogP contribution in [0.25, 0.3) is 0 Å². The SMILES string of the molecule is OO[C@@]12CCCCCCCCCC[C@@H](CC1)O2. The van der Waals surface area contributed by atoms with Gasteiger partial charge in [-0.15, -0.1) is 0 Å². The van der Waals surface area contributed by atoms with Crippen LogP contribution < -0.4 is 0 Å². The van der Waals surface area contributed by atoms with Crippen LogP contribution in [0.15, 0.2) is 0 Å². The van der Waals surface area contributed by atoms with Crippen molar-refractivity contribution >= 4 is 0 Å². The van der Waals surface area contributed by atoms with Gasteiger partial charge in [-0.05, 0) is 19.3 Å². The Morgan fingerprint density at radius 2 is 1.47 bits per heavy atom. The number of hydrogen-bond donors (Lipinski definition) is 1. The summed E-state index contributed by atoms with van der Waals surface area (Å²) in [6, 6.07) is 0. The first kappa shape index (κ1) is 13.3. The van der Waals surface area contributed by atoms with E-state index >= 15 is 0 Å². The molecule has 2 rings (SSSR count). The molecular weight excluding hydrogens is 216 g/mol. The Morgan fingerprint density at radius 3 is 2.18 bits per heavy atom. The van der Waals surface area contributed by atoms with Gasteiger partial charge in [-0.2, -0.15) is 0 Å². The predicted octanol–water partition coefficient (Wildman–Crippen LogP) is 4.27. The van der Waals surface area contributed by atoms with E-state index in [2.05, 4.69) is 4.89 Å². The van der Waals surface area contributed by atoms with Gasteiger partial charge >= 0.3 is 0 Å². The minimum atomic E-state index is -0.668. The molecule has 0 amide bonds. The van der Waals surface area contributed by atoms with Crippen molar-refractivity contribution in [3.8, 4) is 0 Å². The van der Waals surface area contributed by atoms with E-state index in [0.29, 0.717) is 6.10 Å². The monoisotopic (exact) mass is 242 g/mol. The van der Waals surface area contributed by atoms with Crippen molar-refractivity contribution in [3.63, 3.8) is 0 Å². The molecule has 0 spiro atoms. The highest BCUT2D eigenvalue weighted by molar-refractivity contribution is 4.80. The minimum absolute atomic E-state index is 0.308. The van der Waals surface area contributed by atoms with Gasteiger partial charge in [0.05, 0.1) is 6.10 Å². The second-order valence-electron chi connectivity index (χ2n) is 5.65. The molecule has 0 unspecified atom stereocenters. The van der Waals surface area contributed by atoms with Gasteiger partial charge in [0.2, 0.25) is 5.79 Å². The van der Waals surface area contributed by atoms with Crippen LogP contribution in [-0.4, -0.2) is 17.1 Å². The van der Waals surface area contributed by atoms with Gasteiger partial charge in [0, 0.05) is 12.8 Å². The molecule has 2 bridgehead atoms. The van der Waals surface area contributed by atoms with Crippen molar-refractivity contribution in [2.45, 2.75) is 88.9 Å². The minimum Gasteiger partial charge on any atom is -0.344 e. The molecule has 0 aromatic carbocycles. The van der Waals surface area contributed by atoms with E-state index in [4.69, 9.17) is 9.99 Å². The van der Waals surface area contributed by atoms with Crippen molar-refractivity contribution in [2.75, 3.05) is 0 Å². The maximum atomic E-state index is 9.10. The highest BCUT2D eigenvalue weighted by Crippen LogP contribution is 2.37. The lowest BCUT2D eigenvalue weighted by Crippen LogP contribution is -2.31. The molecule has 17 heavy (non-hydrogen) atoms. The molecule has 2 aliphatic heterocycles. The van der Waals surface area contributed by atoms with Crippen LogP contribution in [0.2, 0.25) is 0 Å². The van der Waals surface area contributed by atoms with Crippen LogP contribution >= 0.6 is 0 Å². The van der Waals surface area contributed by atoms with Crippen LogP contribution in [0.4, 0.5) is 0 Å². The summed E-state index contributed by atoms with van der Waals surface area (Å²) < 4.78 is 5.94. The molecule has 0 aromatic rings. The van der Waals surface area contributed by atoms with Gasteiger partial charge in [0.25, 0.3) is 0 Å². The van der Waals surface area contributed by atoms with Crippen molar-refractivity contribution < 1.29 is 14.9 Å². The molecule has 2 fully saturated rings. The zero-order valence-corrected chi connectivity index (χ0v) is 10.8. The summed E-state index contributed by atoms with van der Waals surface area (Å²) in [5.41, 5.74) is 0. The maximum Gasteiger partial charge on any atom is 0.201 e. The van der Waals surface area contributed by atoms with E-state index < -0.39 is 5.79 Å². The fraction of sp³-hybridized carbons (Fsp3) is 1.00. The largest absolute Gasteiger partial charge is 0.344 e. The number of rotatable bonds is 1. The molecule has 3 heteroatoms. The Balaban J connectivity index is 1.87. The van der Waals surface area contributed by atoms with E-state index in [9.17, 15) is 0 Å². The van der Waals surface area contributed by atoms with Gasteiger partial charge in [-0.3, -0.25) is 0 Å². The van der Waals surface area contributed by atoms with E-state index in [-0.39, 0.29) is 0 Å². The molecule has 2 saturated heterocycles. The third-order valence-electron chi connectivity index (χ3n) is 4.23. The molecule has 2 atom stereocenters. The van der Waals surface area contributed by atoms with Gasteiger partial charge < -0.3 is 4.74 Å². The lowest BCUT2D eigenvalue weighted by Gasteiger charge is -2.25. The molecule has 0 saturated carbocycles. The molecule has 0 aliphatic carbocycles. The zero-order chi connectivity index (χ0) is 12.0. The lowest BCUT2D eigenvalue weighted by atomic mass is 10.00. The van der Waals surface area contributed by atoms with Crippen molar-refractivity contribution in [1.82, 2.24) is 0 Å². The highest BCUT2D eigenvalue weighted by atomic mass is 17.1. The van der Waals surface area contributed by atoms with E-state index in [1.54, 1.807) is 0 Å². The predicted molar refractivity (Wildman–Crippen MR) is 66.7 cm³/mol. The quantitative estimate of drug-likeness (QED) is 0.551. The van der Waals surface area contributed by atoms with Crippen LogP contribution in [0.3, 0.4) is 0 Å². The summed E-state index contributed by atoms with van der Waals surface area (Å²) in [7, 11) is 0. The Kier molecular flexibility index (Phi) is 5.26. The Bertz CT molecular complexity index is 220. The maximum absolute atomic E-state index is 9.10. The molecule has 3 nitrogen and oxygen atoms in total.